The average Bonchev–Trinajstić information content (AvgIpc) is 3.22. The van der Waals surface area contributed by atoms with Gasteiger partial charge in [-0.2, -0.15) is 6.08 Å². The molecule has 1 aliphatic carbocycles. The molecule has 4 rings (SSSR count). The van der Waals surface area contributed by atoms with Crippen LogP contribution in [0.1, 0.15) is 23.1 Å². The van der Waals surface area contributed by atoms with Gasteiger partial charge in [0.05, 0.1) is 0 Å². The van der Waals surface area contributed by atoms with Crippen LogP contribution in [-0.4, -0.2) is 0 Å². The fourth-order valence-corrected chi connectivity index (χ4v) is 5.69. The maximum atomic E-state index is 2.99. The minimum absolute atomic E-state index is 0. The molecule has 0 bridgehead atoms. The Kier molecular flexibility index (Phi) is 11.7. The van der Waals surface area contributed by atoms with Gasteiger partial charge in [-0.3, -0.25) is 6.08 Å². The Morgan fingerprint density at radius 3 is 1.34 bits per heavy atom. The number of benzene rings is 3. The van der Waals surface area contributed by atoms with Crippen molar-refractivity contribution in [2.75, 3.05) is 0 Å². The van der Waals surface area contributed by atoms with E-state index in [1.165, 1.54) is 32.6 Å². The second-order valence-corrected chi connectivity index (χ2v) is 9.08. The smallest absolute Gasteiger partial charge is 1.00 e. The molecule has 152 valence electrons. The Hall–Kier alpha value is -1.21. The maximum absolute atomic E-state index is 2.99. The Bertz CT molecular complexity index is 844. The molecule has 0 aliphatic heterocycles. The molecule has 0 aromatic heterocycles. The van der Waals surface area contributed by atoms with E-state index in [1.807, 2.05) is 12.2 Å². The van der Waals surface area contributed by atoms with Crippen LogP contribution in [-0.2, 0) is 16.5 Å². The zero-order chi connectivity index (χ0) is 19.1. The van der Waals surface area contributed by atoms with Crippen LogP contribution in [0, 0.1) is 26.8 Å². The topological polar surface area (TPSA) is 0 Å². The molecule has 0 nitrogen and oxygen atoms in total. The predicted molar refractivity (Wildman–Crippen MR) is 121 cm³/mol. The van der Waals surface area contributed by atoms with Crippen LogP contribution in [0.3, 0.4) is 0 Å². The number of hydrogen-bond acceptors (Lipinski definition) is 0. The first kappa shape index (κ1) is 25.8. The van der Waals surface area contributed by atoms with Crippen LogP contribution in [0.15, 0.2) is 91.0 Å². The van der Waals surface area contributed by atoms with Gasteiger partial charge in [0, 0.05) is 0 Å². The van der Waals surface area contributed by atoms with Gasteiger partial charge in [-0.15, -0.1) is 6.42 Å². The Labute approximate surface area is 204 Å². The molecular weight excluding hydrogens is 529 g/mol. The summed E-state index contributed by atoms with van der Waals surface area (Å²) < 4.78 is 0. The van der Waals surface area contributed by atoms with Crippen molar-refractivity contribution in [2.45, 2.75) is 27.2 Å². The van der Waals surface area contributed by atoms with Gasteiger partial charge in [0.25, 0.3) is 0 Å². The molecule has 3 aromatic rings. The third-order valence-corrected chi connectivity index (χ3v) is 6.75. The van der Waals surface area contributed by atoms with Gasteiger partial charge in [0.2, 0.25) is 0 Å². The van der Waals surface area contributed by atoms with Crippen LogP contribution in [0.25, 0.3) is 0 Å². The average molecular weight is 555 g/mol. The molecule has 0 amide bonds. The first-order chi connectivity index (χ1) is 13.1. The predicted octanol–water partition coefficient (Wildman–Crippen LogP) is 2.68. The van der Waals surface area contributed by atoms with Gasteiger partial charge in [-0.1, -0.05) is 89.5 Å². The van der Waals surface area contributed by atoms with Gasteiger partial charge in [0.1, 0.15) is 0 Å². The maximum Gasteiger partial charge on any atom is 2.00 e. The molecule has 0 fully saturated rings. The summed E-state index contributed by atoms with van der Waals surface area (Å²) in [7, 11) is -0.495. The molecule has 0 unspecified atom stereocenters. The summed E-state index contributed by atoms with van der Waals surface area (Å²) in [6.07, 6.45) is 10.0. The molecule has 0 heterocycles. The summed E-state index contributed by atoms with van der Waals surface area (Å²) in [6.45, 7) is 6.51. The molecule has 0 saturated carbocycles. The van der Waals surface area contributed by atoms with E-state index in [4.69, 9.17) is 0 Å². The van der Waals surface area contributed by atoms with Gasteiger partial charge in [-0.25, -0.2) is 12.2 Å². The molecule has 0 atom stereocenters. The summed E-state index contributed by atoms with van der Waals surface area (Å²) in [5.74, 6) is 0. The summed E-state index contributed by atoms with van der Waals surface area (Å²) in [5.41, 5.74) is 3.97. The normalized spacial score (nSPS) is 11.3. The molecule has 3 aromatic carbocycles. The monoisotopic (exact) mass is 554 g/mol. The Morgan fingerprint density at radius 1 is 0.690 bits per heavy atom. The third-order valence-electron chi connectivity index (χ3n) is 4.37. The van der Waals surface area contributed by atoms with Gasteiger partial charge in [-0.05, 0) is 44.6 Å². The van der Waals surface area contributed by atoms with Crippen LogP contribution in [0.4, 0.5) is 0 Å². The number of halogens is 1. The van der Waals surface area contributed by atoms with E-state index in [1.54, 1.807) is 0 Å². The van der Waals surface area contributed by atoms with Crippen LogP contribution >= 0.6 is 7.92 Å². The van der Waals surface area contributed by atoms with Gasteiger partial charge < -0.3 is 24.0 Å². The minimum atomic E-state index is -0.495. The van der Waals surface area contributed by atoms with E-state index in [0.717, 1.165) is 6.42 Å². The zero-order valence-corrected chi connectivity index (χ0v) is 21.0. The number of aryl methyl sites for hydroxylation is 3. The molecule has 0 saturated heterocycles. The van der Waals surface area contributed by atoms with E-state index >= 15 is 0 Å². The Balaban J connectivity index is 0.000000527. The third kappa shape index (κ3) is 7.85. The number of rotatable bonds is 3. The van der Waals surface area contributed by atoms with Crippen LogP contribution in [0.5, 0.6) is 0 Å². The first-order valence-corrected chi connectivity index (χ1v) is 10.7. The summed E-state index contributed by atoms with van der Waals surface area (Å²) in [4.78, 5) is 0. The van der Waals surface area contributed by atoms with Crippen molar-refractivity contribution in [3.05, 3.63) is 114 Å². The fraction of sp³-hybridized carbons (Fsp3) is 0.154. The minimum Gasteiger partial charge on any atom is -1.00 e. The summed E-state index contributed by atoms with van der Waals surface area (Å²) >= 11 is 0. The van der Waals surface area contributed by atoms with E-state index in [0.29, 0.717) is 0 Å². The van der Waals surface area contributed by atoms with Crippen molar-refractivity contribution >= 4 is 23.8 Å². The largest absolute Gasteiger partial charge is 2.00 e. The van der Waals surface area contributed by atoms with E-state index in [-0.39, 0.29) is 40.5 Å². The first-order valence-electron chi connectivity index (χ1n) is 9.35. The Morgan fingerprint density at radius 2 is 1.10 bits per heavy atom. The van der Waals surface area contributed by atoms with Crippen molar-refractivity contribution in [3.63, 3.8) is 0 Å². The SMILES string of the molecule is Cc1cccc(P(c2cccc(C)c2)c2cccc(C)c2)c1.[C-]1=CC=CC1.[I-].[Ni+2]. The van der Waals surface area contributed by atoms with E-state index in [2.05, 4.69) is 106 Å². The molecular formula is C26H26INiP. The second-order valence-electron chi connectivity index (χ2n) is 6.86. The standard InChI is InChI=1S/C21H21P.C5H5.HI.Ni/c1-16-7-4-10-19(13-16)22(20-11-5-8-17(2)14-20)21-12-6-9-18(3)15-21;1-2-4-5-3-1;;/h4-15H,1-3H3;1-3H,4H2;1H;/q;-1;;+2/p-1. The van der Waals surface area contributed by atoms with Crippen molar-refractivity contribution in [3.8, 4) is 0 Å². The second kappa shape index (κ2) is 13.2. The molecule has 0 radical (unpaired) electrons. The molecule has 0 N–H and O–H groups in total. The van der Waals surface area contributed by atoms with Gasteiger partial charge >= 0.3 is 16.5 Å². The number of hydrogen-bond donors (Lipinski definition) is 0. The molecule has 3 heteroatoms. The molecule has 1 aliphatic rings. The summed E-state index contributed by atoms with van der Waals surface area (Å²) in [6, 6.07) is 26.8. The van der Waals surface area contributed by atoms with Crippen LogP contribution in [0.2, 0.25) is 0 Å². The quantitative estimate of drug-likeness (QED) is 0.202. The van der Waals surface area contributed by atoms with Crippen molar-refractivity contribution in [2.24, 2.45) is 0 Å². The summed E-state index contributed by atoms with van der Waals surface area (Å²) in [5, 5.41) is 4.27. The van der Waals surface area contributed by atoms with Crippen LogP contribution < -0.4 is 39.9 Å². The van der Waals surface area contributed by atoms with E-state index in [9.17, 15) is 0 Å². The number of allylic oxidation sites excluding steroid dienone is 4. The molecule has 0 spiro atoms. The van der Waals surface area contributed by atoms with Crippen molar-refractivity contribution in [1.29, 1.82) is 0 Å². The van der Waals surface area contributed by atoms with E-state index < -0.39 is 7.92 Å². The van der Waals surface area contributed by atoms with Crippen molar-refractivity contribution in [1.82, 2.24) is 0 Å². The van der Waals surface area contributed by atoms with Crippen molar-refractivity contribution < 1.29 is 40.5 Å². The zero-order valence-electron chi connectivity index (χ0n) is 17.0. The van der Waals surface area contributed by atoms with Gasteiger partial charge in [0.15, 0.2) is 0 Å². The molecule has 29 heavy (non-hydrogen) atoms. The fourth-order valence-electron chi connectivity index (χ4n) is 3.09.